The third-order valence-electron chi connectivity index (χ3n) is 8.08. The summed E-state index contributed by atoms with van der Waals surface area (Å²) in [5.41, 5.74) is 0. The second kappa shape index (κ2) is 12.4. The van der Waals surface area contributed by atoms with Gasteiger partial charge in [0.05, 0.1) is 13.2 Å². The van der Waals surface area contributed by atoms with Gasteiger partial charge in [-0.1, -0.05) is 81.4 Å². The number of esters is 2. The van der Waals surface area contributed by atoms with Crippen LogP contribution in [-0.2, 0) is 42.5 Å². The number of benzene rings is 2. The fraction of sp³-hybridized carbons (Fsp3) is 0.562. The molecular weight excluding hydrogens is 570 g/mol. The van der Waals surface area contributed by atoms with E-state index < -0.39 is 62.9 Å². The summed E-state index contributed by atoms with van der Waals surface area (Å²) in [7, 11) is -2.87. The van der Waals surface area contributed by atoms with Crippen LogP contribution in [0.1, 0.15) is 54.9 Å². The molecule has 0 amide bonds. The van der Waals surface area contributed by atoms with Crippen molar-refractivity contribution in [1.82, 2.24) is 5.06 Å². The largest absolute Gasteiger partial charge is 0.465 e. The average molecular weight is 614 g/mol. The molecule has 2 aromatic rings. The Kier molecular flexibility index (Phi) is 9.16. The Balaban J connectivity index is 1.47. The van der Waals surface area contributed by atoms with Crippen molar-refractivity contribution in [3.63, 3.8) is 0 Å². The first-order valence-electron chi connectivity index (χ1n) is 14.9. The van der Waals surface area contributed by atoms with E-state index >= 15 is 0 Å². The summed E-state index contributed by atoms with van der Waals surface area (Å²) in [6.07, 6.45) is -3.35. The highest BCUT2D eigenvalue weighted by Crippen LogP contribution is 2.44. The summed E-state index contributed by atoms with van der Waals surface area (Å²) in [4.78, 5) is 30.7. The zero-order valence-corrected chi connectivity index (χ0v) is 27.0. The van der Waals surface area contributed by atoms with Crippen molar-refractivity contribution in [2.75, 3.05) is 13.2 Å². The van der Waals surface area contributed by atoms with Crippen LogP contribution in [0.4, 0.5) is 0 Å². The number of hydrogen-bond acceptors (Lipinski definition) is 10. The number of hydrogen-bond donors (Lipinski definition) is 0. The smallest absolute Gasteiger partial charge is 0.326 e. The summed E-state index contributed by atoms with van der Waals surface area (Å²) < 4.78 is 37.1. The topological polar surface area (TPSA) is 102 Å². The number of fused-ring (bicyclic) bond motifs is 1. The number of ether oxygens (including phenoxy) is 5. The monoisotopic (exact) mass is 613 g/mol. The summed E-state index contributed by atoms with van der Waals surface area (Å²) in [6, 6.07) is 19.9. The molecule has 0 N–H and O–H groups in total. The van der Waals surface area contributed by atoms with Crippen molar-refractivity contribution in [2.24, 2.45) is 0 Å². The van der Waals surface area contributed by atoms with Crippen LogP contribution in [-0.4, -0.2) is 81.2 Å². The standard InChI is InChI=1S/C32H43NO9Si/c1-8-36-30(35)24-19-26(38-21(2)34)42-33(24)29-28-27(40-32(6,7)41-28)25(39-29)20-37-43(31(3,4)5,22-15-11-9-12-16-22)23-17-13-10-14-18-23/h9-18,24-29H,8,19-20H2,1-7H3/t24-,25-,26+,27-,28-,29-/m1/s1. The van der Waals surface area contributed by atoms with Crippen LogP contribution in [0.15, 0.2) is 60.7 Å². The molecule has 0 aromatic heterocycles. The Labute approximate surface area is 254 Å². The van der Waals surface area contributed by atoms with Crippen LogP contribution < -0.4 is 10.4 Å². The molecule has 0 saturated carbocycles. The van der Waals surface area contributed by atoms with Crippen LogP contribution in [0, 0.1) is 0 Å². The maximum Gasteiger partial charge on any atom is 0.326 e. The van der Waals surface area contributed by atoms with E-state index in [1.165, 1.54) is 12.0 Å². The van der Waals surface area contributed by atoms with Crippen molar-refractivity contribution < 1.29 is 42.5 Å². The maximum absolute atomic E-state index is 13.0. The van der Waals surface area contributed by atoms with Gasteiger partial charge < -0.3 is 28.1 Å². The first-order chi connectivity index (χ1) is 20.4. The molecule has 234 valence electrons. The molecule has 6 atom stereocenters. The minimum absolute atomic E-state index is 0.100. The Bertz CT molecular complexity index is 1230. The first-order valence-corrected chi connectivity index (χ1v) is 16.8. The highest BCUT2D eigenvalue weighted by molar-refractivity contribution is 6.99. The number of nitrogens with zero attached hydrogens (tertiary/aromatic N) is 1. The molecule has 43 heavy (non-hydrogen) atoms. The molecule has 11 heteroatoms. The van der Waals surface area contributed by atoms with E-state index in [1.807, 2.05) is 50.2 Å². The summed E-state index contributed by atoms with van der Waals surface area (Å²) in [6.45, 7) is 13.8. The molecule has 0 radical (unpaired) electrons. The first kappa shape index (κ1) is 31.8. The number of carbonyl (C=O) groups excluding carboxylic acids is 2. The number of rotatable bonds is 9. The van der Waals surface area contributed by atoms with Gasteiger partial charge in [-0.3, -0.25) is 14.4 Å². The van der Waals surface area contributed by atoms with Crippen LogP contribution in [0.5, 0.6) is 0 Å². The van der Waals surface area contributed by atoms with Gasteiger partial charge >= 0.3 is 11.9 Å². The molecule has 3 aliphatic rings. The van der Waals surface area contributed by atoms with Crippen LogP contribution >= 0.6 is 0 Å². The molecule has 3 fully saturated rings. The van der Waals surface area contributed by atoms with E-state index in [-0.39, 0.29) is 24.7 Å². The van der Waals surface area contributed by atoms with Crippen molar-refractivity contribution >= 4 is 30.6 Å². The van der Waals surface area contributed by atoms with E-state index in [0.717, 1.165) is 10.4 Å². The maximum atomic E-state index is 13.0. The lowest BCUT2D eigenvalue weighted by Crippen LogP contribution is -2.67. The lowest BCUT2D eigenvalue weighted by Gasteiger charge is -2.43. The lowest BCUT2D eigenvalue weighted by atomic mass is 10.1. The molecule has 5 rings (SSSR count). The van der Waals surface area contributed by atoms with Gasteiger partial charge in [0, 0.05) is 13.3 Å². The molecule has 0 aliphatic carbocycles. The van der Waals surface area contributed by atoms with Gasteiger partial charge in [-0.05, 0) is 36.2 Å². The van der Waals surface area contributed by atoms with E-state index in [0.29, 0.717) is 0 Å². The molecule has 0 spiro atoms. The third-order valence-corrected chi connectivity index (χ3v) is 13.1. The molecule has 3 heterocycles. The molecular formula is C32H43NO9Si. The Hall–Kier alpha value is -2.64. The fourth-order valence-corrected chi connectivity index (χ4v) is 11.0. The van der Waals surface area contributed by atoms with Gasteiger partial charge in [0.15, 0.2) is 12.0 Å². The molecule has 0 bridgehead atoms. The van der Waals surface area contributed by atoms with Gasteiger partial charge in [0.2, 0.25) is 6.29 Å². The van der Waals surface area contributed by atoms with Gasteiger partial charge in [-0.25, -0.2) is 0 Å². The van der Waals surface area contributed by atoms with E-state index in [1.54, 1.807) is 6.92 Å². The van der Waals surface area contributed by atoms with E-state index in [4.69, 9.17) is 32.9 Å². The fourth-order valence-electron chi connectivity index (χ4n) is 6.44. The average Bonchev–Trinajstić information content (AvgIpc) is 3.60. The number of carbonyl (C=O) groups is 2. The summed E-state index contributed by atoms with van der Waals surface area (Å²) in [5, 5.41) is 3.48. The highest BCUT2D eigenvalue weighted by Gasteiger charge is 2.61. The van der Waals surface area contributed by atoms with Gasteiger partial charge in [0.1, 0.15) is 24.4 Å². The minimum atomic E-state index is -2.87. The second-order valence-electron chi connectivity index (χ2n) is 12.6. The zero-order chi connectivity index (χ0) is 31.0. The van der Waals surface area contributed by atoms with E-state index in [9.17, 15) is 9.59 Å². The minimum Gasteiger partial charge on any atom is -0.465 e. The van der Waals surface area contributed by atoms with Crippen molar-refractivity contribution in [3.05, 3.63) is 60.7 Å². The van der Waals surface area contributed by atoms with Crippen LogP contribution in [0.2, 0.25) is 5.04 Å². The molecule has 2 aromatic carbocycles. The van der Waals surface area contributed by atoms with Gasteiger partial charge in [0.25, 0.3) is 8.32 Å². The van der Waals surface area contributed by atoms with Crippen molar-refractivity contribution in [1.29, 1.82) is 0 Å². The van der Waals surface area contributed by atoms with Crippen molar-refractivity contribution in [3.8, 4) is 0 Å². The molecule has 0 unspecified atom stereocenters. The molecule has 3 aliphatic heterocycles. The second-order valence-corrected chi connectivity index (χ2v) is 16.9. The SMILES string of the molecule is CCOC(=O)[C@H]1C[C@@H](OC(C)=O)ON1[C@@H]1O[C@H](CO[Si](c2ccccc2)(c2ccccc2)C(C)(C)C)[C@H]2OC(C)(C)O[C@H]21. The van der Waals surface area contributed by atoms with Crippen LogP contribution in [0.3, 0.4) is 0 Å². The molecule has 3 saturated heterocycles. The Morgan fingerprint density at radius 1 is 0.977 bits per heavy atom. The van der Waals surface area contributed by atoms with E-state index in [2.05, 4.69) is 45.0 Å². The lowest BCUT2D eigenvalue weighted by molar-refractivity contribution is -0.309. The third kappa shape index (κ3) is 6.30. The Morgan fingerprint density at radius 2 is 1.56 bits per heavy atom. The Morgan fingerprint density at radius 3 is 2.09 bits per heavy atom. The summed E-state index contributed by atoms with van der Waals surface area (Å²) >= 11 is 0. The van der Waals surface area contributed by atoms with Gasteiger partial charge in [-0.15, -0.1) is 5.06 Å². The van der Waals surface area contributed by atoms with Crippen molar-refractivity contribution in [2.45, 2.75) is 103 Å². The number of hydroxylamine groups is 2. The zero-order valence-electron chi connectivity index (χ0n) is 26.0. The quantitative estimate of drug-likeness (QED) is 0.309. The van der Waals surface area contributed by atoms with Crippen LogP contribution in [0.25, 0.3) is 0 Å². The summed E-state index contributed by atoms with van der Waals surface area (Å²) in [5.74, 6) is -1.91. The predicted octanol–water partition coefficient (Wildman–Crippen LogP) is 3.27. The highest BCUT2D eigenvalue weighted by atomic mass is 28.4. The molecule has 10 nitrogen and oxygen atoms in total. The van der Waals surface area contributed by atoms with Gasteiger partial charge in [-0.2, -0.15) is 0 Å². The normalized spacial score (nSPS) is 28.9. The predicted molar refractivity (Wildman–Crippen MR) is 160 cm³/mol.